The first kappa shape index (κ1) is 18.4. The minimum Gasteiger partial charge on any atom is -0.508 e. The maximum atomic E-state index is 13.0. The highest BCUT2D eigenvalue weighted by atomic mass is 19.1. The second-order valence-corrected chi connectivity index (χ2v) is 6.77. The summed E-state index contributed by atoms with van der Waals surface area (Å²) in [6.45, 7) is 4.00. The van der Waals surface area contributed by atoms with Gasteiger partial charge >= 0.3 is 0 Å². The third-order valence-electron chi connectivity index (χ3n) is 4.86. The molecule has 0 aromatic heterocycles. The highest BCUT2D eigenvalue weighted by molar-refractivity contribution is 5.76. The van der Waals surface area contributed by atoms with Crippen molar-refractivity contribution in [1.82, 2.24) is 9.80 Å². The van der Waals surface area contributed by atoms with E-state index in [1.165, 1.54) is 12.1 Å². The maximum absolute atomic E-state index is 13.0. The van der Waals surface area contributed by atoms with Crippen LogP contribution in [-0.4, -0.2) is 47.0 Å². The molecule has 3 rings (SSSR count). The van der Waals surface area contributed by atoms with Crippen molar-refractivity contribution in [3.63, 3.8) is 0 Å². The lowest BCUT2D eigenvalue weighted by atomic mass is 10.1. The van der Waals surface area contributed by atoms with Crippen molar-refractivity contribution in [3.8, 4) is 5.75 Å². The van der Waals surface area contributed by atoms with Crippen LogP contribution in [0.4, 0.5) is 4.39 Å². The Bertz CT molecular complexity index is 733. The predicted molar refractivity (Wildman–Crippen MR) is 99.3 cm³/mol. The Hall–Kier alpha value is -2.40. The van der Waals surface area contributed by atoms with E-state index >= 15 is 0 Å². The van der Waals surface area contributed by atoms with Crippen molar-refractivity contribution in [2.24, 2.45) is 0 Å². The molecule has 1 aliphatic rings. The van der Waals surface area contributed by atoms with Crippen LogP contribution in [0.25, 0.3) is 0 Å². The molecule has 1 N–H and O–H groups in total. The molecule has 1 heterocycles. The van der Waals surface area contributed by atoms with Gasteiger partial charge in [0.2, 0.25) is 5.91 Å². The number of hydrogen-bond acceptors (Lipinski definition) is 3. The highest BCUT2D eigenvalue weighted by Crippen LogP contribution is 2.18. The van der Waals surface area contributed by atoms with Gasteiger partial charge in [0.05, 0.1) is 0 Å². The molecule has 2 aromatic rings. The smallest absolute Gasteiger partial charge is 0.222 e. The fourth-order valence-corrected chi connectivity index (χ4v) is 3.35. The number of phenolic OH excluding ortho intramolecular Hbond substituents is 1. The van der Waals surface area contributed by atoms with Crippen LogP contribution in [0.15, 0.2) is 48.5 Å². The van der Waals surface area contributed by atoms with Gasteiger partial charge < -0.3 is 10.0 Å². The van der Waals surface area contributed by atoms with Crippen LogP contribution in [0.1, 0.15) is 24.0 Å². The zero-order chi connectivity index (χ0) is 18.4. The molecule has 5 heteroatoms. The van der Waals surface area contributed by atoms with Crippen LogP contribution >= 0.6 is 0 Å². The Morgan fingerprint density at radius 1 is 1.00 bits per heavy atom. The van der Waals surface area contributed by atoms with Gasteiger partial charge in [-0.2, -0.15) is 0 Å². The van der Waals surface area contributed by atoms with E-state index in [1.54, 1.807) is 12.1 Å². The van der Waals surface area contributed by atoms with Crippen LogP contribution in [0, 0.1) is 5.82 Å². The highest BCUT2D eigenvalue weighted by Gasteiger charge is 2.19. The number of carbonyl (C=O) groups is 1. The van der Waals surface area contributed by atoms with E-state index in [9.17, 15) is 14.3 Å². The molecule has 0 unspecified atom stereocenters. The Labute approximate surface area is 153 Å². The number of nitrogens with zero attached hydrogens (tertiary/aromatic N) is 2. The van der Waals surface area contributed by atoms with Gasteiger partial charge in [0.25, 0.3) is 0 Å². The molecule has 26 heavy (non-hydrogen) atoms. The summed E-state index contributed by atoms with van der Waals surface area (Å²) < 4.78 is 13.0. The monoisotopic (exact) mass is 356 g/mol. The number of rotatable bonds is 5. The fourth-order valence-electron chi connectivity index (χ4n) is 3.35. The second kappa shape index (κ2) is 8.81. The number of phenols is 1. The molecule has 4 nitrogen and oxygen atoms in total. The summed E-state index contributed by atoms with van der Waals surface area (Å²) in [4.78, 5) is 16.8. The van der Waals surface area contributed by atoms with E-state index in [0.717, 1.165) is 43.7 Å². The molecule has 1 fully saturated rings. The standard InChI is InChI=1S/C21H25FN2O2/c22-19-9-6-17(7-10-19)16-23-12-3-13-24(15-14-23)21(26)11-8-18-4-1-2-5-20(18)25/h1-2,4-7,9-10,25H,3,8,11-16H2. The summed E-state index contributed by atoms with van der Waals surface area (Å²) in [5.74, 6) is 0.171. The average molecular weight is 356 g/mol. The normalized spacial score (nSPS) is 15.7. The van der Waals surface area contributed by atoms with Gasteiger partial charge in [-0.15, -0.1) is 0 Å². The van der Waals surface area contributed by atoms with E-state index in [4.69, 9.17) is 0 Å². The molecule has 0 radical (unpaired) electrons. The molecule has 0 saturated carbocycles. The number of halogens is 1. The van der Waals surface area contributed by atoms with Gasteiger partial charge in [0.1, 0.15) is 11.6 Å². The number of para-hydroxylation sites is 1. The third kappa shape index (κ3) is 5.05. The van der Waals surface area contributed by atoms with Gasteiger partial charge in [0, 0.05) is 39.1 Å². The van der Waals surface area contributed by atoms with Crippen molar-refractivity contribution in [2.75, 3.05) is 26.2 Å². The van der Waals surface area contributed by atoms with Crippen LogP contribution in [0.5, 0.6) is 5.75 Å². The summed E-state index contributed by atoms with van der Waals surface area (Å²) in [5, 5.41) is 9.82. The largest absolute Gasteiger partial charge is 0.508 e. The van der Waals surface area contributed by atoms with Gasteiger partial charge in [-0.3, -0.25) is 9.69 Å². The molecular weight excluding hydrogens is 331 g/mol. The summed E-state index contributed by atoms with van der Waals surface area (Å²) in [6.07, 6.45) is 1.90. The zero-order valence-corrected chi connectivity index (χ0v) is 14.9. The van der Waals surface area contributed by atoms with E-state index < -0.39 is 0 Å². The van der Waals surface area contributed by atoms with E-state index in [2.05, 4.69) is 4.90 Å². The first-order chi connectivity index (χ1) is 12.6. The Balaban J connectivity index is 1.49. The molecule has 0 spiro atoms. The van der Waals surface area contributed by atoms with Crippen molar-refractivity contribution < 1.29 is 14.3 Å². The number of aromatic hydroxyl groups is 1. The molecule has 1 amide bonds. The van der Waals surface area contributed by atoms with Crippen LogP contribution < -0.4 is 0 Å². The van der Waals surface area contributed by atoms with Crippen LogP contribution in [0.2, 0.25) is 0 Å². The minimum absolute atomic E-state index is 0.136. The maximum Gasteiger partial charge on any atom is 0.222 e. The van der Waals surface area contributed by atoms with Crippen LogP contribution in [-0.2, 0) is 17.8 Å². The lowest BCUT2D eigenvalue weighted by Gasteiger charge is -2.22. The lowest BCUT2D eigenvalue weighted by Crippen LogP contribution is -2.35. The van der Waals surface area contributed by atoms with Crippen molar-refractivity contribution in [1.29, 1.82) is 0 Å². The predicted octanol–water partition coefficient (Wildman–Crippen LogP) is 3.20. The Morgan fingerprint density at radius 3 is 2.54 bits per heavy atom. The van der Waals surface area contributed by atoms with Gasteiger partial charge in [-0.25, -0.2) is 4.39 Å². The van der Waals surface area contributed by atoms with Gasteiger partial charge in [-0.1, -0.05) is 30.3 Å². The topological polar surface area (TPSA) is 43.8 Å². The summed E-state index contributed by atoms with van der Waals surface area (Å²) in [7, 11) is 0. The van der Waals surface area contributed by atoms with Gasteiger partial charge in [0.15, 0.2) is 0 Å². The first-order valence-corrected chi connectivity index (χ1v) is 9.13. The van der Waals surface area contributed by atoms with Crippen LogP contribution in [0.3, 0.4) is 0 Å². The number of benzene rings is 2. The van der Waals surface area contributed by atoms with E-state index in [-0.39, 0.29) is 17.5 Å². The molecule has 1 saturated heterocycles. The number of hydrogen-bond donors (Lipinski definition) is 1. The van der Waals surface area contributed by atoms with E-state index in [1.807, 2.05) is 29.2 Å². The Kier molecular flexibility index (Phi) is 6.23. The van der Waals surface area contributed by atoms with E-state index in [0.29, 0.717) is 19.4 Å². The average Bonchev–Trinajstić information content (AvgIpc) is 2.88. The van der Waals surface area contributed by atoms with Crippen molar-refractivity contribution >= 4 is 5.91 Å². The molecular formula is C21H25FN2O2. The molecule has 138 valence electrons. The summed E-state index contributed by atoms with van der Waals surface area (Å²) in [6, 6.07) is 13.8. The SMILES string of the molecule is O=C(CCc1ccccc1O)N1CCCN(Cc2ccc(F)cc2)CC1. The number of aryl methyl sites for hydroxylation is 1. The summed E-state index contributed by atoms with van der Waals surface area (Å²) >= 11 is 0. The molecule has 2 aromatic carbocycles. The number of amides is 1. The quantitative estimate of drug-likeness (QED) is 0.895. The zero-order valence-electron chi connectivity index (χ0n) is 14.9. The van der Waals surface area contributed by atoms with Crippen molar-refractivity contribution in [2.45, 2.75) is 25.8 Å². The first-order valence-electron chi connectivity index (χ1n) is 9.13. The molecule has 0 bridgehead atoms. The Morgan fingerprint density at radius 2 is 1.77 bits per heavy atom. The number of carbonyl (C=O) groups excluding carboxylic acids is 1. The van der Waals surface area contributed by atoms with Gasteiger partial charge in [-0.05, 0) is 42.2 Å². The third-order valence-corrected chi connectivity index (χ3v) is 4.86. The second-order valence-electron chi connectivity index (χ2n) is 6.77. The fraction of sp³-hybridized carbons (Fsp3) is 0.381. The van der Waals surface area contributed by atoms with Crippen molar-refractivity contribution in [3.05, 3.63) is 65.5 Å². The molecule has 1 aliphatic heterocycles. The molecule has 0 atom stereocenters. The lowest BCUT2D eigenvalue weighted by molar-refractivity contribution is -0.131. The minimum atomic E-state index is -0.217. The summed E-state index contributed by atoms with van der Waals surface area (Å²) in [5.41, 5.74) is 1.90. The molecule has 0 aliphatic carbocycles.